The predicted octanol–water partition coefficient (Wildman–Crippen LogP) is 4.85. The van der Waals surface area contributed by atoms with Crippen molar-refractivity contribution < 1.29 is 9.59 Å². The van der Waals surface area contributed by atoms with Gasteiger partial charge in [0.25, 0.3) is 0 Å². The Morgan fingerprint density at radius 2 is 1.68 bits per heavy atom. The van der Waals surface area contributed by atoms with Crippen LogP contribution in [0.4, 0.5) is 11.4 Å². The van der Waals surface area contributed by atoms with Gasteiger partial charge in [-0.15, -0.1) is 0 Å². The van der Waals surface area contributed by atoms with Crippen LogP contribution in [0.5, 0.6) is 0 Å². The van der Waals surface area contributed by atoms with E-state index in [0.717, 1.165) is 55.7 Å². The Kier molecular flexibility index (Phi) is 6.51. The molecule has 4 rings (SSSR count). The molecule has 0 aromatic heterocycles. The molecule has 0 unspecified atom stereocenters. The molecular formula is C25H30ClN3O2. The van der Waals surface area contributed by atoms with Crippen LogP contribution < -0.4 is 10.2 Å². The van der Waals surface area contributed by atoms with E-state index >= 15 is 0 Å². The van der Waals surface area contributed by atoms with Crippen LogP contribution in [-0.4, -0.2) is 42.9 Å². The highest BCUT2D eigenvalue weighted by Crippen LogP contribution is 2.43. The van der Waals surface area contributed by atoms with Gasteiger partial charge in [-0.3, -0.25) is 9.59 Å². The van der Waals surface area contributed by atoms with Gasteiger partial charge in [-0.1, -0.05) is 61.7 Å². The Balaban J connectivity index is 1.57. The van der Waals surface area contributed by atoms with Crippen molar-refractivity contribution in [3.05, 3.63) is 59.1 Å². The van der Waals surface area contributed by atoms with Gasteiger partial charge >= 0.3 is 0 Å². The third kappa shape index (κ3) is 4.42. The number of carbonyl (C=O) groups is 2. The van der Waals surface area contributed by atoms with Gasteiger partial charge < -0.3 is 15.1 Å². The quantitative estimate of drug-likeness (QED) is 0.724. The lowest BCUT2D eigenvalue weighted by Crippen LogP contribution is -2.49. The maximum atomic E-state index is 13.6. The minimum atomic E-state index is -0.493. The van der Waals surface area contributed by atoms with E-state index in [1.165, 1.54) is 0 Å². The number of rotatable bonds is 5. The van der Waals surface area contributed by atoms with Crippen molar-refractivity contribution in [1.29, 1.82) is 0 Å². The van der Waals surface area contributed by atoms with E-state index in [4.69, 9.17) is 11.6 Å². The average Bonchev–Trinajstić information content (AvgIpc) is 3.31. The molecule has 31 heavy (non-hydrogen) atoms. The van der Waals surface area contributed by atoms with Gasteiger partial charge in [0.05, 0.1) is 16.8 Å². The third-order valence-electron chi connectivity index (χ3n) is 6.70. The molecule has 2 fully saturated rings. The lowest BCUT2D eigenvalue weighted by Gasteiger charge is -2.37. The van der Waals surface area contributed by atoms with Gasteiger partial charge in [-0.2, -0.15) is 0 Å². The number of piperazine rings is 1. The lowest BCUT2D eigenvalue weighted by molar-refractivity contribution is -0.131. The zero-order chi connectivity index (χ0) is 21.8. The molecule has 2 aromatic rings. The Hall–Kier alpha value is -2.53. The number of amides is 2. The van der Waals surface area contributed by atoms with Crippen molar-refractivity contribution in [2.24, 2.45) is 0 Å². The predicted molar refractivity (Wildman–Crippen MR) is 126 cm³/mol. The van der Waals surface area contributed by atoms with Crippen LogP contribution in [0.1, 0.15) is 44.6 Å². The minimum absolute atomic E-state index is 0.0412. The summed E-state index contributed by atoms with van der Waals surface area (Å²) in [5.41, 5.74) is 2.30. The average molecular weight is 440 g/mol. The first-order valence-electron chi connectivity index (χ1n) is 11.2. The number of anilines is 2. The minimum Gasteiger partial charge on any atom is -0.366 e. The second-order valence-corrected chi connectivity index (χ2v) is 8.93. The van der Waals surface area contributed by atoms with Crippen LogP contribution in [-0.2, 0) is 15.0 Å². The van der Waals surface area contributed by atoms with Gasteiger partial charge in [-0.25, -0.2) is 0 Å². The number of nitrogens with zero attached hydrogens (tertiary/aromatic N) is 2. The maximum absolute atomic E-state index is 13.6. The Bertz CT molecular complexity index is 933. The van der Waals surface area contributed by atoms with Crippen molar-refractivity contribution in [2.45, 2.75) is 44.4 Å². The fraction of sp³-hybridized carbons (Fsp3) is 0.440. The second-order valence-electron chi connectivity index (χ2n) is 8.49. The van der Waals surface area contributed by atoms with E-state index in [2.05, 4.69) is 22.3 Å². The molecule has 0 spiro atoms. The maximum Gasteiger partial charge on any atom is 0.235 e. The molecule has 1 aliphatic carbocycles. The molecule has 1 heterocycles. The molecule has 2 aliphatic rings. The Labute approximate surface area is 189 Å². The molecule has 1 saturated carbocycles. The highest BCUT2D eigenvalue weighted by atomic mass is 35.5. The summed E-state index contributed by atoms with van der Waals surface area (Å²) in [6.07, 6.45) is 4.35. The monoisotopic (exact) mass is 439 g/mol. The van der Waals surface area contributed by atoms with Gasteiger partial charge in [0.1, 0.15) is 0 Å². The van der Waals surface area contributed by atoms with Crippen LogP contribution in [0, 0.1) is 0 Å². The number of carbonyl (C=O) groups excluding carboxylic acids is 2. The molecule has 2 aromatic carbocycles. The Morgan fingerprint density at radius 3 is 2.32 bits per heavy atom. The van der Waals surface area contributed by atoms with Crippen molar-refractivity contribution >= 4 is 34.8 Å². The largest absolute Gasteiger partial charge is 0.366 e. The van der Waals surface area contributed by atoms with E-state index < -0.39 is 5.41 Å². The molecule has 0 bridgehead atoms. The van der Waals surface area contributed by atoms with Crippen LogP contribution in [0.15, 0.2) is 48.5 Å². The molecule has 0 radical (unpaired) electrons. The van der Waals surface area contributed by atoms with Gasteiger partial charge in [0, 0.05) is 37.6 Å². The SMILES string of the molecule is CCC(=O)N1CCN(c2ccc(Cl)cc2NC(=O)C2(c3ccccc3)CCCC2)CC1. The summed E-state index contributed by atoms with van der Waals surface area (Å²) in [6, 6.07) is 15.8. The topological polar surface area (TPSA) is 52.7 Å². The van der Waals surface area contributed by atoms with Crippen molar-refractivity contribution in [1.82, 2.24) is 4.90 Å². The first-order valence-corrected chi connectivity index (χ1v) is 11.6. The van der Waals surface area contributed by atoms with Crippen molar-refractivity contribution in [3.8, 4) is 0 Å². The summed E-state index contributed by atoms with van der Waals surface area (Å²) < 4.78 is 0. The summed E-state index contributed by atoms with van der Waals surface area (Å²) >= 11 is 6.31. The summed E-state index contributed by atoms with van der Waals surface area (Å²) in [4.78, 5) is 29.8. The number of nitrogens with one attached hydrogen (secondary N) is 1. The normalized spacial score (nSPS) is 18.1. The van der Waals surface area contributed by atoms with E-state index in [9.17, 15) is 9.59 Å². The van der Waals surface area contributed by atoms with Gasteiger partial charge in [-0.05, 0) is 36.6 Å². The standard InChI is InChI=1S/C25H30ClN3O2/c1-2-23(30)29-16-14-28(15-17-29)22-11-10-20(26)18-21(22)27-24(31)25(12-6-7-13-25)19-8-4-3-5-9-19/h3-5,8-11,18H,2,6-7,12-17H2,1H3,(H,27,31). The summed E-state index contributed by atoms with van der Waals surface area (Å²) in [6.45, 7) is 4.75. The zero-order valence-corrected chi connectivity index (χ0v) is 18.8. The van der Waals surface area contributed by atoms with E-state index in [1.807, 2.05) is 48.2 Å². The van der Waals surface area contributed by atoms with Crippen LogP contribution >= 0.6 is 11.6 Å². The molecule has 5 nitrogen and oxygen atoms in total. The third-order valence-corrected chi connectivity index (χ3v) is 6.94. The zero-order valence-electron chi connectivity index (χ0n) is 18.1. The lowest BCUT2D eigenvalue weighted by atomic mass is 9.78. The van der Waals surface area contributed by atoms with Crippen molar-refractivity contribution in [2.75, 3.05) is 36.4 Å². The number of hydrogen-bond donors (Lipinski definition) is 1. The molecule has 2 amide bonds. The van der Waals surface area contributed by atoms with E-state index in [-0.39, 0.29) is 11.8 Å². The highest BCUT2D eigenvalue weighted by Gasteiger charge is 2.42. The van der Waals surface area contributed by atoms with Gasteiger partial charge in [0.2, 0.25) is 11.8 Å². The fourth-order valence-electron chi connectivity index (χ4n) is 4.93. The molecule has 164 valence electrons. The highest BCUT2D eigenvalue weighted by molar-refractivity contribution is 6.31. The number of halogens is 1. The number of hydrogen-bond acceptors (Lipinski definition) is 3. The van der Waals surface area contributed by atoms with E-state index in [1.54, 1.807) is 0 Å². The van der Waals surface area contributed by atoms with Crippen LogP contribution in [0.3, 0.4) is 0 Å². The molecule has 1 aliphatic heterocycles. The van der Waals surface area contributed by atoms with E-state index in [0.29, 0.717) is 24.5 Å². The van der Waals surface area contributed by atoms with Crippen LogP contribution in [0.25, 0.3) is 0 Å². The first-order chi connectivity index (χ1) is 15.0. The summed E-state index contributed by atoms with van der Waals surface area (Å²) in [7, 11) is 0. The van der Waals surface area contributed by atoms with Gasteiger partial charge in [0.15, 0.2) is 0 Å². The summed E-state index contributed by atoms with van der Waals surface area (Å²) in [5.74, 6) is 0.231. The van der Waals surface area contributed by atoms with Crippen molar-refractivity contribution in [3.63, 3.8) is 0 Å². The molecule has 1 saturated heterocycles. The first kappa shape index (κ1) is 21.7. The number of benzene rings is 2. The molecule has 1 N–H and O–H groups in total. The summed E-state index contributed by atoms with van der Waals surface area (Å²) in [5, 5.41) is 3.83. The van der Waals surface area contributed by atoms with Crippen LogP contribution in [0.2, 0.25) is 5.02 Å². The second kappa shape index (κ2) is 9.31. The fourth-order valence-corrected chi connectivity index (χ4v) is 5.10. The molecule has 0 atom stereocenters. The molecular weight excluding hydrogens is 410 g/mol. The molecule has 6 heteroatoms. The smallest absolute Gasteiger partial charge is 0.235 e. The Morgan fingerprint density at radius 1 is 1.00 bits per heavy atom.